The van der Waals surface area contributed by atoms with Gasteiger partial charge in [0.05, 0.1) is 10.7 Å². The fraction of sp³-hybridized carbons (Fsp3) is 0.300. The fourth-order valence-electron chi connectivity index (χ4n) is 1.63. The maximum atomic E-state index is 13.4. The molecule has 0 spiro atoms. The minimum Gasteiger partial charge on any atom is -0.308 e. The number of hydrogen-bond donors (Lipinski definition) is 0. The van der Waals surface area contributed by atoms with E-state index in [-0.39, 0.29) is 11.6 Å². The van der Waals surface area contributed by atoms with Crippen LogP contribution in [0.2, 0.25) is 5.02 Å². The zero-order chi connectivity index (χ0) is 10.1. The van der Waals surface area contributed by atoms with Gasteiger partial charge in [-0.05, 0) is 18.6 Å². The third kappa shape index (κ3) is 1.48. The molecule has 2 nitrogen and oxygen atoms in total. The number of rotatable bonds is 1. The first-order chi connectivity index (χ1) is 6.70. The van der Waals surface area contributed by atoms with Crippen molar-refractivity contribution < 1.29 is 9.18 Å². The van der Waals surface area contributed by atoms with Crippen molar-refractivity contribution >= 4 is 23.2 Å². The Morgan fingerprint density at radius 2 is 2.21 bits per heavy atom. The number of carbonyl (C=O) groups excluding carboxylic acids is 1. The summed E-state index contributed by atoms with van der Waals surface area (Å²) >= 11 is 5.84. The molecule has 1 fully saturated rings. The summed E-state index contributed by atoms with van der Waals surface area (Å²) < 4.78 is 13.4. The summed E-state index contributed by atoms with van der Waals surface area (Å²) in [6, 6.07) is 4.43. The molecule has 0 unspecified atom stereocenters. The summed E-state index contributed by atoms with van der Waals surface area (Å²) in [5.74, 6) is -0.496. The third-order valence-corrected chi connectivity index (χ3v) is 2.59. The molecule has 0 aliphatic carbocycles. The molecular weight excluding hydrogens is 205 g/mol. The highest BCUT2D eigenvalue weighted by molar-refractivity contribution is 6.33. The van der Waals surface area contributed by atoms with Crippen LogP contribution in [0, 0.1) is 5.82 Å². The number of carbonyl (C=O) groups is 1. The van der Waals surface area contributed by atoms with Gasteiger partial charge in [0.2, 0.25) is 5.91 Å². The Balaban J connectivity index is 2.44. The van der Waals surface area contributed by atoms with Crippen LogP contribution in [0.5, 0.6) is 0 Å². The smallest absolute Gasteiger partial charge is 0.227 e. The summed E-state index contributed by atoms with van der Waals surface area (Å²) in [5, 5.41) is 0.292. The first-order valence-electron chi connectivity index (χ1n) is 4.44. The van der Waals surface area contributed by atoms with Crippen molar-refractivity contribution in [2.75, 3.05) is 11.4 Å². The lowest BCUT2D eigenvalue weighted by Gasteiger charge is -2.17. The van der Waals surface area contributed by atoms with Gasteiger partial charge in [-0.25, -0.2) is 4.39 Å². The average molecular weight is 214 g/mol. The monoisotopic (exact) mass is 213 g/mol. The standard InChI is InChI=1S/C10H9ClFNO/c11-7-3-1-4-8(12)10(7)13-6-2-5-9(13)14/h1,3-4H,2,5-6H2. The topological polar surface area (TPSA) is 20.3 Å². The molecule has 0 saturated carbocycles. The fourth-order valence-corrected chi connectivity index (χ4v) is 1.90. The Morgan fingerprint density at radius 1 is 1.43 bits per heavy atom. The minimum absolute atomic E-state index is 0.0583. The highest BCUT2D eigenvalue weighted by Gasteiger charge is 2.25. The molecule has 74 valence electrons. The lowest BCUT2D eigenvalue weighted by molar-refractivity contribution is -0.117. The van der Waals surface area contributed by atoms with E-state index in [1.54, 1.807) is 6.07 Å². The van der Waals surface area contributed by atoms with Crippen molar-refractivity contribution in [3.63, 3.8) is 0 Å². The second kappa shape index (κ2) is 3.58. The highest BCUT2D eigenvalue weighted by atomic mass is 35.5. The molecule has 1 aliphatic heterocycles. The van der Waals surface area contributed by atoms with Crippen LogP contribution in [0.3, 0.4) is 0 Å². The van der Waals surface area contributed by atoms with Gasteiger partial charge in [-0.15, -0.1) is 0 Å². The third-order valence-electron chi connectivity index (χ3n) is 2.28. The van der Waals surface area contributed by atoms with E-state index in [4.69, 9.17) is 11.6 Å². The van der Waals surface area contributed by atoms with Crippen LogP contribution in [0.15, 0.2) is 18.2 Å². The first kappa shape index (κ1) is 9.46. The van der Waals surface area contributed by atoms with E-state index >= 15 is 0 Å². The van der Waals surface area contributed by atoms with Crippen molar-refractivity contribution in [2.45, 2.75) is 12.8 Å². The molecule has 1 aromatic rings. The highest BCUT2D eigenvalue weighted by Crippen LogP contribution is 2.31. The predicted molar refractivity (Wildman–Crippen MR) is 53.0 cm³/mol. The van der Waals surface area contributed by atoms with Crippen molar-refractivity contribution in [3.8, 4) is 0 Å². The van der Waals surface area contributed by atoms with E-state index in [9.17, 15) is 9.18 Å². The molecule has 0 atom stereocenters. The zero-order valence-corrected chi connectivity index (χ0v) is 8.22. The Labute approximate surface area is 86.3 Å². The van der Waals surface area contributed by atoms with Crippen molar-refractivity contribution in [1.29, 1.82) is 0 Å². The molecule has 0 bridgehead atoms. The lowest BCUT2D eigenvalue weighted by atomic mass is 10.3. The maximum absolute atomic E-state index is 13.4. The Bertz CT molecular complexity index is 360. The van der Waals surface area contributed by atoms with Gasteiger partial charge in [0.1, 0.15) is 5.82 Å². The summed E-state index contributed by atoms with van der Waals surface area (Å²) in [6.07, 6.45) is 1.24. The van der Waals surface area contributed by atoms with Gasteiger partial charge in [-0.1, -0.05) is 17.7 Å². The van der Waals surface area contributed by atoms with Crippen LogP contribution >= 0.6 is 11.6 Å². The van der Waals surface area contributed by atoms with E-state index in [0.717, 1.165) is 6.42 Å². The normalized spacial score (nSPS) is 16.4. The van der Waals surface area contributed by atoms with Gasteiger partial charge < -0.3 is 4.90 Å². The number of benzene rings is 1. The van der Waals surface area contributed by atoms with Crippen LogP contribution in [0.4, 0.5) is 10.1 Å². The molecule has 1 aromatic carbocycles. The lowest BCUT2D eigenvalue weighted by Crippen LogP contribution is -2.25. The van der Waals surface area contributed by atoms with E-state index < -0.39 is 5.82 Å². The van der Waals surface area contributed by atoms with E-state index in [0.29, 0.717) is 18.0 Å². The van der Waals surface area contributed by atoms with Gasteiger partial charge in [-0.2, -0.15) is 0 Å². The predicted octanol–water partition coefficient (Wildman–Crippen LogP) is 2.61. The second-order valence-electron chi connectivity index (χ2n) is 3.22. The molecule has 1 heterocycles. The van der Waals surface area contributed by atoms with E-state index in [1.807, 2.05) is 0 Å². The molecule has 0 radical (unpaired) electrons. The SMILES string of the molecule is O=C1CCCN1c1c(F)cccc1Cl. The van der Waals surface area contributed by atoms with Crippen molar-refractivity contribution in [2.24, 2.45) is 0 Å². The van der Waals surface area contributed by atoms with Crippen molar-refractivity contribution in [1.82, 2.24) is 0 Å². The number of anilines is 1. The molecule has 1 saturated heterocycles. The van der Waals surface area contributed by atoms with Crippen LogP contribution in [0.25, 0.3) is 0 Å². The molecule has 14 heavy (non-hydrogen) atoms. The largest absolute Gasteiger partial charge is 0.308 e. The summed E-state index contributed by atoms with van der Waals surface area (Å²) in [4.78, 5) is 12.8. The molecular formula is C10H9ClFNO. The number of nitrogens with zero attached hydrogens (tertiary/aromatic N) is 1. The maximum Gasteiger partial charge on any atom is 0.227 e. The van der Waals surface area contributed by atoms with Gasteiger partial charge in [0, 0.05) is 13.0 Å². The number of para-hydroxylation sites is 1. The Hall–Kier alpha value is -1.09. The van der Waals surface area contributed by atoms with Crippen LogP contribution in [-0.2, 0) is 4.79 Å². The van der Waals surface area contributed by atoms with Crippen LogP contribution in [0.1, 0.15) is 12.8 Å². The molecule has 0 N–H and O–H groups in total. The van der Waals surface area contributed by atoms with Gasteiger partial charge in [0.15, 0.2) is 0 Å². The van der Waals surface area contributed by atoms with Gasteiger partial charge in [-0.3, -0.25) is 4.79 Å². The quantitative estimate of drug-likeness (QED) is 0.702. The number of halogens is 2. The van der Waals surface area contributed by atoms with Gasteiger partial charge >= 0.3 is 0 Å². The summed E-state index contributed by atoms with van der Waals surface area (Å²) in [5.41, 5.74) is 0.219. The van der Waals surface area contributed by atoms with Crippen LogP contribution < -0.4 is 4.90 Å². The average Bonchev–Trinajstić information content (AvgIpc) is 2.52. The minimum atomic E-state index is -0.437. The number of hydrogen-bond acceptors (Lipinski definition) is 1. The second-order valence-corrected chi connectivity index (χ2v) is 3.63. The van der Waals surface area contributed by atoms with E-state index in [1.165, 1.54) is 17.0 Å². The number of amides is 1. The molecule has 1 aliphatic rings. The molecule has 0 aromatic heterocycles. The summed E-state index contributed by atoms with van der Waals surface area (Å²) in [6.45, 7) is 0.555. The molecule has 4 heteroatoms. The summed E-state index contributed by atoms with van der Waals surface area (Å²) in [7, 11) is 0. The Kier molecular flexibility index (Phi) is 2.42. The van der Waals surface area contributed by atoms with E-state index in [2.05, 4.69) is 0 Å². The van der Waals surface area contributed by atoms with Gasteiger partial charge in [0.25, 0.3) is 0 Å². The Morgan fingerprint density at radius 3 is 2.79 bits per heavy atom. The first-order valence-corrected chi connectivity index (χ1v) is 4.82. The van der Waals surface area contributed by atoms with Crippen molar-refractivity contribution in [3.05, 3.63) is 29.0 Å². The zero-order valence-electron chi connectivity index (χ0n) is 7.46. The molecule has 2 rings (SSSR count). The molecule has 1 amide bonds. The van der Waals surface area contributed by atoms with Crippen LogP contribution in [-0.4, -0.2) is 12.5 Å².